The van der Waals surface area contributed by atoms with E-state index >= 15 is 0 Å². The first-order valence-corrected chi connectivity index (χ1v) is 10.7. The Balaban J connectivity index is 1.73. The van der Waals surface area contributed by atoms with Crippen molar-refractivity contribution in [2.24, 2.45) is 0 Å². The first kappa shape index (κ1) is 21.8. The summed E-state index contributed by atoms with van der Waals surface area (Å²) in [6.45, 7) is 7.53. The van der Waals surface area contributed by atoms with Crippen LogP contribution in [-0.2, 0) is 17.0 Å². The number of nitrogens with one attached hydrogen (secondary N) is 1. The van der Waals surface area contributed by atoms with Gasteiger partial charge < -0.3 is 10.1 Å². The van der Waals surface area contributed by atoms with Crippen LogP contribution in [0.2, 0.25) is 0 Å². The Morgan fingerprint density at radius 1 is 1.23 bits per heavy atom. The van der Waals surface area contributed by atoms with Gasteiger partial charge in [0.25, 0.3) is 5.91 Å². The summed E-state index contributed by atoms with van der Waals surface area (Å²) in [5, 5.41) is 12.5. The van der Waals surface area contributed by atoms with Crippen molar-refractivity contribution < 1.29 is 9.53 Å². The van der Waals surface area contributed by atoms with Crippen molar-refractivity contribution in [3.05, 3.63) is 77.9 Å². The molecule has 6 nitrogen and oxygen atoms in total. The molecule has 0 fully saturated rings. The number of ether oxygens (including phenoxy) is 1. The average molecular weight is 423 g/mol. The molecule has 0 radical (unpaired) electrons. The van der Waals surface area contributed by atoms with E-state index < -0.39 is 0 Å². The van der Waals surface area contributed by atoms with Crippen LogP contribution in [0.4, 0.5) is 0 Å². The van der Waals surface area contributed by atoms with Crippen molar-refractivity contribution in [1.29, 1.82) is 0 Å². The summed E-state index contributed by atoms with van der Waals surface area (Å²) < 4.78 is 7.03. The lowest BCUT2D eigenvalue weighted by molar-refractivity contribution is 0.0937. The fourth-order valence-electron chi connectivity index (χ4n) is 2.92. The third-order valence-corrected chi connectivity index (χ3v) is 5.53. The van der Waals surface area contributed by atoms with E-state index in [2.05, 4.69) is 57.8 Å². The molecule has 3 rings (SSSR count). The Hall–Kier alpha value is -2.90. The number of thioether (sulfide) groups is 1. The first-order chi connectivity index (χ1) is 14.6. The SMILES string of the molecule is C=CCn1c(SCc2cccc(C(=O)NCCOC)c2)nnc1-c1ccc(C)cc1. The molecule has 156 valence electrons. The molecule has 1 N–H and O–H groups in total. The molecule has 1 heterocycles. The number of amides is 1. The van der Waals surface area contributed by atoms with Crippen LogP contribution in [0.15, 0.2) is 66.3 Å². The Bertz CT molecular complexity index is 999. The highest BCUT2D eigenvalue weighted by molar-refractivity contribution is 7.98. The average Bonchev–Trinajstić information content (AvgIpc) is 3.16. The van der Waals surface area contributed by atoms with Crippen molar-refractivity contribution >= 4 is 17.7 Å². The predicted octanol–water partition coefficient (Wildman–Crippen LogP) is 4.11. The molecule has 0 aliphatic carbocycles. The number of methoxy groups -OCH3 is 1. The largest absolute Gasteiger partial charge is 0.383 e. The van der Waals surface area contributed by atoms with E-state index in [-0.39, 0.29) is 5.91 Å². The van der Waals surface area contributed by atoms with Gasteiger partial charge in [-0.2, -0.15) is 0 Å². The first-order valence-electron chi connectivity index (χ1n) is 9.72. The zero-order valence-electron chi connectivity index (χ0n) is 17.3. The lowest BCUT2D eigenvalue weighted by Gasteiger charge is -2.09. The van der Waals surface area contributed by atoms with Gasteiger partial charge in [0, 0.05) is 37.1 Å². The molecule has 1 aromatic heterocycles. The van der Waals surface area contributed by atoms with Gasteiger partial charge in [0.05, 0.1) is 6.61 Å². The molecule has 0 aliphatic rings. The van der Waals surface area contributed by atoms with E-state index in [1.54, 1.807) is 18.9 Å². The van der Waals surface area contributed by atoms with E-state index in [1.165, 1.54) is 5.56 Å². The monoisotopic (exact) mass is 422 g/mol. The van der Waals surface area contributed by atoms with Gasteiger partial charge in [0.15, 0.2) is 11.0 Å². The Morgan fingerprint density at radius 3 is 2.77 bits per heavy atom. The minimum atomic E-state index is -0.101. The molecular weight excluding hydrogens is 396 g/mol. The highest BCUT2D eigenvalue weighted by Gasteiger charge is 2.14. The second-order valence-corrected chi connectivity index (χ2v) is 7.75. The van der Waals surface area contributed by atoms with Gasteiger partial charge in [0.2, 0.25) is 0 Å². The summed E-state index contributed by atoms with van der Waals surface area (Å²) in [5.74, 6) is 1.40. The van der Waals surface area contributed by atoms with Gasteiger partial charge >= 0.3 is 0 Å². The van der Waals surface area contributed by atoms with Crippen LogP contribution in [0.1, 0.15) is 21.5 Å². The number of aromatic nitrogens is 3. The van der Waals surface area contributed by atoms with E-state index in [9.17, 15) is 4.79 Å². The molecule has 0 bridgehead atoms. The van der Waals surface area contributed by atoms with Crippen molar-refractivity contribution in [3.63, 3.8) is 0 Å². The molecule has 0 atom stereocenters. The second-order valence-electron chi connectivity index (χ2n) is 6.81. The third-order valence-electron chi connectivity index (χ3n) is 4.49. The van der Waals surface area contributed by atoms with E-state index in [1.807, 2.05) is 30.3 Å². The summed E-state index contributed by atoms with van der Waals surface area (Å²) >= 11 is 1.59. The molecular formula is C23H26N4O2S. The number of carbonyl (C=O) groups excluding carboxylic acids is 1. The molecule has 0 unspecified atom stereocenters. The highest BCUT2D eigenvalue weighted by atomic mass is 32.2. The van der Waals surface area contributed by atoms with E-state index in [0.29, 0.717) is 31.0 Å². The van der Waals surface area contributed by atoms with Crippen molar-refractivity contribution in [3.8, 4) is 11.4 Å². The summed E-state index contributed by atoms with van der Waals surface area (Å²) in [7, 11) is 1.61. The van der Waals surface area contributed by atoms with Gasteiger partial charge in [-0.3, -0.25) is 9.36 Å². The molecule has 0 spiro atoms. The summed E-state index contributed by atoms with van der Waals surface area (Å²) in [5.41, 5.74) is 3.91. The number of hydrogen-bond donors (Lipinski definition) is 1. The van der Waals surface area contributed by atoms with Crippen LogP contribution >= 0.6 is 11.8 Å². The summed E-state index contributed by atoms with van der Waals surface area (Å²) in [6.07, 6.45) is 1.84. The molecule has 0 saturated heterocycles. The zero-order chi connectivity index (χ0) is 21.3. The smallest absolute Gasteiger partial charge is 0.251 e. The van der Waals surface area contributed by atoms with Gasteiger partial charge in [-0.05, 0) is 24.6 Å². The van der Waals surface area contributed by atoms with Crippen molar-refractivity contribution in [1.82, 2.24) is 20.1 Å². The quantitative estimate of drug-likeness (QED) is 0.303. The number of rotatable bonds is 10. The molecule has 0 aliphatic heterocycles. The molecule has 7 heteroatoms. The number of hydrogen-bond acceptors (Lipinski definition) is 5. The number of benzene rings is 2. The number of allylic oxidation sites excluding steroid dienone is 1. The number of nitrogens with zero attached hydrogens (tertiary/aromatic N) is 3. The third kappa shape index (κ3) is 5.58. The standard InChI is InChI=1S/C23H26N4O2S/c1-4-13-27-21(19-10-8-17(2)9-11-19)25-26-23(27)30-16-18-6-5-7-20(15-18)22(28)24-12-14-29-3/h4-11,15H,1,12-14,16H2,2-3H3,(H,24,28). The molecule has 0 saturated carbocycles. The van der Waals surface area contributed by atoms with Crippen LogP contribution in [-0.4, -0.2) is 40.9 Å². The Morgan fingerprint density at radius 2 is 2.03 bits per heavy atom. The summed E-state index contributed by atoms with van der Waals surface area (Å²) in [6, 6.07) is 15.9. The zero-order valence-corrected chi connectivity index (χ0v) is 18.1. The molecule has 2 aromatic carbocycles. The normalized spacial score (nSPS) is 10.7. The van der Waals surface area contributed by atoms with Crippen LogP contribution in [0.5, 0.6) is 0 Å². The second kappa shape index (κ2) is 10.8. The van der Waals surface area contributed by atoms with Gasteiger partial charge in [0.1, 0.15) is 0 Å². The highest BCUT2D eigenvalue weighted by Crippen LogP contribution is 2.27. The van der Waals surface area contributed by atoms with Crippen molar-refractivity contribution in [2.45, 2.75) is 24.4 Å². The molecule has 1 amide bonds. The maximum absolute atomic E-state index is 12.3. The van der Waals surface area contributed by atoms with Crippen LogP contribution in [0, 0.1) is 6.92 Å². The summed E-state index contributed by atoms with van der Waals surface area (Å²) in [4.78, 5) is 12.3. The Labute approximate surface area is 181 Å². The predicted molar refractivity (Wildman–Crippen MR) is 121 cm³/mol. The van der Waals surface area contributed by atoms with Crippen molar-refractivity contribution in [2.75, 3.05) is 20.3 Å². The Kier molecular flexibility index (Phi) is 7.82. The van der Waals surface area contributed by atoms with E-state index in [4.69, 9.17) is 4.74 Å². The molecule has 3 aromatic rings. The number of aryl methyl sites for hydroxylation is 1. The van der Waals surface area contributed by atoms with Gasteiger partial charge in [-0.25, -0.2) is 0 Å². The van der Waals surface area contributed by atoms with Gasteiger partial charge in [-0.1, -0.05) is 59.8 Å². The fraction of sp³-hybridized carbons (Fsp3) is 0.261. The minimum Gasteiger partial charge on any atom is -0.383 e. The topological polar surface area (TPSA) is 69.0 Å². The maximum Gasteiger partial charge on any atom is 0.251 e. The van der Waals surface area contributed by atoms with Crippen LogP contribution in [0.3, 0.4) is 0 Å². The lowest BCUT2D eigenvalue weighted by atomic mass is 10.1. The van der Waals surface area contributed by atoms with Crippen LogP contribution in [0.25, 0.3) is 11.4 Å². The lowest BCUT2D eigenvalue weighted by Crippen LogP contribution is -2.26. The fourth-order valence-corrected chi connectivity index (χ4v) is 3.81. The minimum absolute atomic E-state index is 0.101. The molecule has 30 heavy (non-hydrogen) atoms. The van der Waals surface area contributed by atoms with E-state index in [0.717, 1.165) is 22.1 Å². The maximum atomic E-state index is 12.3. The van der Waals surface area contributed by atoms with Crippen LogP contribution < -0.4 is 5.32 Å². The van der Waals surface area contributed by atoms with Gasteiger partial charge in [-0.15, -0.1) is 16.8 Å². The number of carbonyl (C=O) groups is 1.